The predicted molar refractivity (Wildman–Crippen MR) is 107 cm³/mol. The molecule has 1 N–H and O–H groups in total. The molecule has 8 heteroatoms. The number of carbonyl (C=O) groups is 2. The van der Waals surface area contributed by atoms with E-state index in [0.717, 1.165) is 11.3 Å². The Morgan fingerprint density at radius 3 is 2.76 bits per heavy atom. The molecule has 2 aromatic carbocycles. The lowest BCUT2D eigenvalue weighted by molar-refractivity contribution is -0.124. The summed E-state index contributed by atoms with van der Waals surface area (Å²) in [6.07, 6.45) is 3.34. The van der Waals surface area contributed by atoms with Crippen LogP contribution in [0.1, 0.15) is 24.9 Å². The topological polar surface area (TPSA) is 89.4 Å². The van der Waals surface area contributed by atoms with Gasteiger partial charge in [0.2, 0.25) is 11.8 Å². The highest BCUT2D eigenvalue weighted by atomic mass is 16.5. The molecule has 1 aliphatic heterocycles. The van der Waals surface area contributed by atoms with Crippen LogP contribution in [0, 0.1) is 0 Å². The molecule has 148 valence electrons. The van der Waals surface area contributed by atoms with E-state index in [-0.39, 0.29) is 30.8 Å². The third-order valence-electron chi connectivity index (χ3n) is 4.79. The number of anilines is 1. The molecular weight excluding hydrogens is 370 g/mol. The number of amides is 2. The molecule has 2 heterocycles. The SMILES string of the molecule is C[C@@H](NC(=O)CN1C(=O)CCOc2ccccc21)c1ccc(-n2cncn2)cc1. The molecule has 1 aromatic heterocycles. The van der Waals surface area contributed by atoms with Gasteiger partial charge in [0.1, 0.15) is 24.9 Å². The first-order valence-electron chi connectivity index (χ1n) is 9.38. The average molecular weight is 391 g/mol. The number of fused-ring (bicyclic) bond motifs is 1. The van der Waals surface area contributed by atoms with Crippen LogP contribution in [0.4, 0.5) is 5.69 Å². The highest BCUT2D eigenvalue weighted by Crippen LogP contribution is 2.30. The van der Waals surface area contributed by atoms with E-state index >= 15 is 0 Å². The lowest BCUT2D eigenvalue weighted by Gasteiger charge is -2.23. The van der Waals surface area contributed by atoms with Crippen LogP contribution in [0.2, 0.25) is 0 Å². The van der Waals surface area contributed by atoms with Gasteiger partial charge in [0.15, 0.2) is 0 Å². The maximum atomic E-state index is 12.6. The van der Waals surface area contributed by atoms with Gasteiger partial charge in [0.05, 0.1) is 30.4 Å². The van der Waals surface area contributed by atoms with Crippen molar-refractivity contribution in [1.29, 1.82) is 0 Å². The van der Waals surface area contributed by atoms with Gasteiger partial charge in [-0.1, -0.05) is 24.3 Å². The highest BCUT2D eigenvalue weighted by molar-refractivity contribution is 6.00. The second kappa shape index (κ2) is 8.14. The normalized spacial score (nSPS) is 14.5. The summed E-state index contributed by atoms with van der Waals surface area (Å²) in [4.78, 5) is 30.5. The van der Waals surface area contributed by atoms with Crippen molar-refractivity contribution < 1.29 is 14.3 Å². The Kier molecular flexibility index (Phi) is 5.24. The summed E-state index contributed by atoms with van der Waals surface area (Å²) in [5.41, 5.74) is 2.46. The van der Waals surface area contributed by atoms with Gasteiger partial charge >= 0.3 is 0 Å². The molecule has 0 saturated carbocycles. The molecule has 0 radical (unpaired) electrons. The Balaban J connectivity index is 1.43. The summed E-state index contributed by atoms with van der Waals surface area (Å²) in [5.74, 6) is 0.251. The summed E-state index contributed by atoms with van der Waals surface area (Å²) in [5, 5.41) is 7.06. The van der Waals surface area contributed by atoms with E-state index < -0.39 is 0 Å². The van der Waals surface area contributed by atoms with E-state index in [1.54, 1.807) is 23.1 Å². The largest absolute Gasteiger partial charge is 0.491 e. The average Bonchev–Trinajstić information content (AvgIpc) is 3.22. The van der Waals surface area contributed by atoms with Gasteiger partial charge in [0.25, 0.3) is 0 Å². The van der Waals surface area contributed by atoms with Gasteiger partial charge in [0, 0.05) is 0 Å². The van der Waals surface area contributed by atoms with Gasteiger partial charge < -0.3 is 10.1 Å². The summed E-state index contributed by atoms with van der Waals surface area (Å²) in [6, 6.07) is 14.8. The van der Waals surface area contributed by atoms with Crippen molar-refractivity contribution in [3.8, 4) is 11.4 Å². The molecule has 0 bridgehead atoms. The fourth-order valence-electron chi connectivity index (χ4n) is 3.26. The molecule has 3 aromatic rings. The summed E-state index contributed by atoms with van der Waals surface area (Å²) in [6.45, 7) is 2.16. The molecule has 0 spiro atoms. The smallest absolute Gasteiger partial charge is 0.240 e. The lowest BCUT2D eigenvalue weighted by Crippen LogP contribution is -2.41. The van der Waals surface area contributed by atoms with Crippen LogP contribution in [-0.2, 0) is 9.59 Å². The van der Waals surface area contributed by atoms with Gasteiger partial charge in [-0.3, -0.25) is 14.5 Å². The minimum absolute atomic E-state index is 0.0550. The maximum Gasteiger partial charge on any atom is 0.240 e. The van der Waals surface area contributed by atoms with Crippen molar-refractivity contribution in [3.05, 3.63) is 66.7 Å². The lowest BCUT2D eigenvalue weighted by atomic mass is 10.1. The third-order valence-corrected chi connectivity index (χ3v) is 4.79. The monoisotopic (exact) mass is 391 g/mol. The van der Waals surface area contributed by atoms with Crippen molar-refractivity contribution in [2.75, 3.05) is 18.1 Å². The van der Waals surface area contributed by atoms with Crippen LogP contribution in [0.5, 0.6) is 5.75 Å². The van der Waals surface area contributed by atoms with Gasteiger partial charge in [-0.15, -0.1) is 0 Å². The van der Waals surface area contributed by atoms with E-state index in [2.05, 4.69) is 15.4 Å². The van der Waals surface area contributed by atoms with Crippen LogP contribution in [-0.4, -0.2) is 39.7 Å². The van der Waals surface area contributed by atoms with Crippen LogP contribution in [0.15, 0.2) is 61.2 Å². The number of hydrogen-bond acceptors (Lipinski definition) is 5. The fraction of sp³-hybridized carbons (Fsp3) is 0.238. The number of rotatable bonds is 5. The quantitative estimate of drug-likeness (QED) is 0.721. The Bertz CT molecular complexity index is 1000. The number of para-hydroxylation sites is 2. The fourth-order valence-corrected chi connectivity index (χ4v) is 3.26. The molecule has 0 unspecified atom stereocenters. The molecule has 0 aliphatic carbocycles. The van der Waals surface area contributed by atoms with Crippen LogP contribution in [0.3, 0.4) is 0 Å². The Hall–Kier alpha value is -3.68. The van der Waals surface area contributed by atoms with E-state index in [1.165, 1.54) is 11.2 Å². The zero-order valence-corrected chi connectivity index (χ0v) is 16.0. The Labute approximate surface area is 168 Å². The number of nitrogens with zero attached hydrogens (tertiary/aromatic N) is 4. The third kappa shape index (κ3) is 4.11. The van der Waals surface area contributed by atoms with Gasteiger partial charge in [-0.25, -0.2) is 9.67 Å². The summed E-state index contributed by atoms with van der Waals surface area (Å²) >= 11 is 0. The molecule has 1 atom stereocenters. The number of aromatic nitrogens is 3. The van der Waals surface area contributed by atoms with Crippen LogP contribution in [0.25, 0.3) is 5.69 Å². The van der Waals surface area contributed by atoms with E-state index in [4.69, 9.17) is 4.74 Å². The number of benzene rings is 2. The molecule has 29 heavy (non-hydrogen) atoms. The number of hydrogen-bond donors (Lipinski definition) is 1. The number of carbonyl (C=O) groups excluding carboxylic acids is 2. The van der Waals surface area contributed by atoms with Crippen molar-refractivity contribution in [2.24, 2.45) is 0 Å². The van der Waals surface area contributed by atoms with Crippen LogP contribution < -0.4 is 15.0 Å². The summed E-state index contributed by atoms with van der Waals surface area (Å²) in [7, 11) is 0. The van der Waals surface area contributed by atoms with Crippen LogP contribution >= 0.6 is 0 Å². The molecule has 0 fully saturated rings. The molecule has 8 nitrogen and oxygen atoms in total. The van der Waals surface area contributed by atoms with E-state index in [9.17, 15) is 9.59 Å². The maximum absolute atomic E-state index is 12.6. The highest BCUT2D eigenvalue weighted by Gasteiger charge is 2.25. The first kappa shape index (κ1) is 18.7. The minimum Gasteiger partial charge on any atom is -0.491 e. The molecular formula is C21H21N5O3. The second-order valence-corrected chi connectivity index (χ2v) is 6.77. The first-order valence-corrected chi connectivity index (χ1v) is 9.38. The zero-order chi connectivity index (χ0) is 20.2. The molecule has 4 rings (SSSR count). The Morgan fingerprint density at radius 1 is 1.21 bits per heavy atom. The second-order valence-electron chi connectivity index (χ2n) is 6.77. The van der Waals surface area contributed by atoms with Crippen molar-refractivity contribution in [1.82, 2.24) is 20.1 Å². The first-order chi connectivity index (χ1) is 14.1. The van der Waals surface area contributed by atoms with Gasteiger partial charge in [-0.05, 0) is 36.8 Å². The molecule has 2 amide bonds. The predicted octanol–water partition coefficient (Wildman–Crippen LogP) is 2.26. The van der Waals surface area contributed by atoms with Crippen molar-refractivity contribution in [2.45, 2.75) is 19.4 Å². The van der Waals surface area contributed by atoms with Crippen molar-refractivity contribution >= 4 is 17.5 Å². The summed E-state index contributed by atoms with van der Waals surface area (Å²) < 4.78 is 7.28. The zero-order valence-electron chi connectivity index (χ0n) is 16.0. The number of ether oxygens (including phenoxy) is 1. The van der Waals surface area contributed by atoms with E-state index in [1.807, 2.05) is 43.3 Å². The Morgan fingerprint density at radius 2 is 2.00 bits per heavy atom. The molecule has 1 aliphatic rings. The standard InChI is InChI=1S/C21H21N5O3/c1-15(16-6-8-17(9-7-16)26-14-22-13-23-26)24-20(27)12-25-18-4-2-3-5-19(18)29-11-10-21(25)28/h2-9,13-15H,10-12H2,1H3,(H,24,27)/t15-/m1/s1. The van der Waals surface area contributed by atoms with E-state index in [0.29, 0.717) is 18.0 Å². The van der Waals surface area contributed by atoms with Crippen molar-refractivity contribution in [3.63, 3.8) is 0 Å². The minimum atomic E-state index is -0.233. The number of nitrogens with one attached hydrogen (secondary N) is 1. The molecule has 0 saturated heterocycles. The van der Waals surface area contributed by atoms with Gasteiger partial charge in [-0.2, -0.15) is 5.10 Å².